The molecule has 0 fully saturated rings. The molecule has 0 unspecified atom stereocenters. The maximum absolute atomic E-state index is 13.9. The zero-order valence-electron chi connectivity index (χ0n) is 36.8. The molecule has 2 amide bonds. The minimum Gasteiger partial charge on any atom is -0.507 e. The first-order chi connectivity index (χ1) is 33.8. The van der Waals surface area contributed by atoms with Crippen molar-refractivity contribution < 1.29 is 34.5 Å². The van der Waals surface area contributed by atoms with Gasteiger partial charge in [0.05, 0.1) is 11.4 Å². The average molecular weight is 1040 g/mol. The number of nitrogens with one attached hydrogen (secondary N) is 1. The number of carbonyl (C=O) groups excluding carboxylic acids is 4. The van der Waals surface area contributed by atoms with E-state index in [2.05, 4.69) is 15.3 Å². The standard InChI is InChI=1S/C33H25Cl2N3O4.C13H12ClNO.C7H3Cl2NO2/c34-14-18-16-37(26-12-28(39)20-6-1-3-8-22(20)30(18)26)32(41)24-10-5-11-25(36-24)33(42)38-17-19(15-35)31-23-9-4-2-7-21(23)29(40)13-27(31)38;14-6-8-7-15-11-5-12(16)9-3-1-2-4-10(9)13(8)11;8-6(11)4-2-1-3-5(10-4)7(9)12/h1-13,18-19,39-40H,14-17H2;1-5,8,15-16H,6-7H2;1-3H/t18-,19-;8-;/m11./s1. The van der Waals surface area contributed by atoms with Crippen molar-refractivity contribution in [2.24, 2.45) is 0 Å². The lowest BCUT2D eigenvalue weighted by molar-refractivity contribution is 0.0977. The Morgan fingerprint density at radius 2 is 0.843 bits per heavy atom. The van der Waals surface area contributed by atoms with E-state index in [1.807, 2.05) is 72.8 Å². The topological polar surface area (TPSA) is 173 Å². The third kappa shape index (κ3) is 9.02. The summed E-state index contributed by atoms with van der Waals surface area (Å²) in [5.41, 5.74) is 5.48. The summed E-state index contributed by atoms with van der Waals surface area (Å²) in [4.78, 5) is 60.1. The van der Waals surface area contributed by atoms with Crippen LogP contribution in [0.15, 0.2) is 127 Å². The predicted octanol–water partition coefficient (Wildman–Crippen LogP) is 11.9. The lowest BCUT2D eigenvalue weighted by Crippen LogP contribution is -2.33. The van der Waals surface area contributed by atoms with Gasteiger partial charge in [-0.05, 0) is 80.3 Å². The monoisotopic (exact) mass is 1030 g/mol. The van der Waals surface area contributed by atoms with Crippen molar-refractivity contribution >= 4 is 130 Å². The number of phenols is 3. The summed E-state index contributed by atoms with van der Waals surface area (Å²) in [6.45, 7) is 1.51. The third-order valence-electron chi connectivity index (χ3n) is 12.7. The Balaban J connectivity index is 0.000000176. The lowest BCUT2D eigenvalue weighted by Gasteiger charge is -2.20. The highest BCUT2D eigenvalue weighted by Crippen LogP contribution is 2.47. The van der Waals surface area contributed by atoms with E-state index in [-0.39, 0.29) is 46.1 Å². The van der Waals surface area contributed by atoms with E-state index in [0.717, 1.165) is 44.9 Å². The van der Waals surface area contributed by atoms with E-state index in [1.54, 1.807) is 46.2 Å². The van der Waals surface area contributed by atoms with Gasteiger partial charge in [-0.25, -0.2) is 9.97 Å². The molecule has 0 radical (unpaired) electrons. The van der Waals surface area contributed by atoms with Gasteiger partial charge in [0.15, 0.2) is 0 Å². The first-order valence-corrected chi connectivity index (χ1v) is 24.3. The summed E-state index contributed by atoms with van der Waals surface area (Å²) in [7, 11) is 0. The highest BCUT2D eigenvalue weighted by molar-refractivity contribution is 6.68. The highest BCUT2D eigenvalue weighted by Gasteiger charge is 2.38. The van der Waals surface area contributed by atoms with E-state index in [0.29, 0.717) is 64.5 Å². The molecule has 354 valence electrons. The van der Waals surface area contributed by atoms with Crippen LogP contribution in [0.4, 0.5) is 17.1 Å². The predicted molar refractivity (Wildman–Crippen MR) is 278 cm³/mol. The van der Waals surface area contributed by atoms with Gasteiger partial charge in [-0.2, -0.15) is 0 Å². The molecular weight excluding hydrogens is 996 g/mol. The number of alkyl halides is 3. The Kier molecular flexibility index (Phi) is 14.1. The smallest absolute Gasteiger partial charge is 0.276 e. The van der Waals surface area contributed by atoms with Crippen molar-refractivity contribution in [1.29, 1.82) is 0 Å². The van der Waals surface area contributed by atoms with Crippen LogP contribution in [0.3, 0.4) is 0 Å². The Morgan fingerprint density at radius 1 is 0.486 bits per heavy atom. The van der Waals surface area contributed by atoms with Crippen LogP contribution in [0, 0.1) is 0 Å². The van der Waals surface area contributed by atoms with Crippen LogP contribution < -0.4 is 15.1 Å². The molecule has 3 aliphatic rings. The second kappa shape index (κ2) is 20.4. The van der Waals surface area contributed by atoms with Crippen molar-refractivity contribution in [3.8, 4) is 17.2 Å². The molecule has 5 heterocycles. The van der Waals surface area contributed by atoms with Gasteiger partial charge in [0, 0.05) is 95.1 Å². The molecule has 0 saturated heterocycles. The van der Waals surface area contributed by atoms with Gasteiger partial charge in [-0.15, -0.1) is 34.8 Å². The molecular formula is C53H40Cl5N5O7. The number of amides is 2. The Hall–Kier alpha value is -6.67. The number of halogens is 5. The molecule has 0 spiro atoms. The number of fused-ring (bicyclic) bond motifs is 9. The first kappa shape index (κ1) is 48.4. The van der Waals surface area contributed by atoms with Gasteiger partial charge in [-0.1, -0.05) is 84.9 Å². The number of benzene rings is 6. The van der Waals surface area contributed by atoms with Gasteiger partial charge in [0.25, 0.3) is 22.3 Å². The molecule has 17 heteroatoms. The van der Waals surface area contributed by atoms with Crippen molar-refractivity contribution in [2.75, 3.05) is 52.4 Å². The summed E-state index contributed by atoms with van der Waals surface area (Å²) in [5, 5.41) is 38.4. The van der Waals surface area contributed by atoms with Crippen molar-refractivity contribution in [3.63, 3.8) is 0 Å². The Morgan fingerprint density at radius 3 is 1.24 bits per heavy atom. The normalized spacial score (nSPS) is 16.4. The minimum atomic E-state index is -0.713. The zero-order chi connectivity index (χ0) is 49.4. The van der Waals surface area contributed by atoms with Crippen LogP contribution in [0.25, 0.3) is 32.3 Å². The van der Waals surface area contributed by atoms with Gasteiger partial charge in [0.2, 0.25) is 0 Å². The molecule has 3 atom stereocenters. The second-order valence-electron chi connectivity index (χ2n) is 16.8. The second-order valence-corrected chi connectivity index (χ2v) is 18.4. The fourth-order valence-corrected chi connectivity index (χ4v) is 10.5. The van der Waals surface area contributed by atoms with Gasteiger partial charge >= 0.3 is 0 Å². The molecule has 12 nitrogen and oxygen atoms in total. The number of pyridine rings is 2. The lowest BCUT2D eigenvalue weighted by atomic mass is 9.95. The van der Waals surface area contributed by atoms with Crippen LogP contribution >= 0.6 is 58.0 Å². The maximum Gasteiger partial charge on any atom is 0.276 e. The molecule has 4 N–H and O–H groups in total. The van der Waals surface area contributed by atoms with Gasteiger partial charge in [0.1, 0.15) is 40.0 Å². The largest absolute Gasteiger partial charge is 0.507 e. The summed E-state index contributed by atoms with van der Waals surface area (Å²) in [6.07, 6.45) is 0. The summed E-state index contributed by atoms with van der Waals surface area (Å²) >= 11 is 28.9. The quantitative estimate of drug-likeness (QED) is 0.0889. The third-order valence-corrected chi connectivity index (χ3v) is 14.2. The summed E-state index contributed by atoms with van der Waals surface area (Å²) in [6, 6.07) is 37.0. The van der Waals surface area contributed by atoms with Crippen molar-refractivity contribution in [2.45, 2.75) is 17.8 Å². The van der Waals surface area contributed by atoms with Crippen molar-refractivity contribution in [1.82, 2.24) is 9.97 Å². The number of anilines is 3. The van der Waals surface area contributed by atoms with E-state index in [9.17, 15) is 34.5 Å². The van der Waals surface area contributed by atoms with E-state index in [4.69, 9.17) is 58.0 Å². The number of hydrogen-bond acceptors (Lipinski definition) is 10. The van der Waals surface area contributed by atoms with Crippen LogP contribution in [0.1, 0.15) is 76.4 Å². The number of hydrogen-bond donors (Lipinski definition) is 4. The molecule has 3 aliphatic heterocycles. The minimum absolute atomic E-state index is 0.0168. The molecule has 0 bridgehead atoms. The number of nitrogens with zero attached hydrogens (tertiary/aromatic N) is 4. The fraction of sp³-hybridized carbons (Fsp3) is 0.170. The highest BCUT2D eigenvalue weighted by atomic mass is 35.5. The van der Waals surface area contributed by atoms with Crippen LogP contribution in [0.2, 0.25) is 0 Å². The first-order valence-electron chi connectivity index (χ1n) is 22.0. The van der Waals surface area contributed by atoms with E-state index in [1.165, 1.54) is 23.8 Å². The number of rotatable bonds is 7. The SMILES string of the molecule is O=C(Cl)c1cccc(C(=O)Cl)n1.O=C(c1cccc(C(=O)N2C[C@@H](CCl)c3c2cc(O)c2ccccc32)n1)N1C[C@@H](CCl)c2c1cc(O)c1ccccc21.Oc1cc2c(c3ccccc13)[C@H](CCl)CN2. The molecule has 11 rings (SSSR count). The Labute approximate surface area is 425 Å². The number of carbonyl (C=O) groups is 4. The summed E-state index contributed by atoms with van der Waals surface area (Å²) < 4.78 is 0. The number of phenolic OH excluding ortho intramolecular Hbond substituents is 3. The van der Waals surface area contributed by atoms with E-state index >= 15 is 0 Å². The van der Waals surface area contributed by atoms with E-state index < -0.39 is 22.3 Å². The van der Waals surface area contributed by atoms with Crippen LogP contribution in [-0.2, 0) is 0 Å². The average Bonchev–Trinajstić information content (AvgIpc) is 4.10. The maximum atomic E-state index is 13.9. The Bertz CT molecular complexity index is 3250. The number of aromatic nitrogens is 2. The van der Waals surface area contributed by atoms with Crippen LogP contribution in [-0.4, -0.2) is 84.9 Å². The van der Waals surface area contributed by atoms with Gasteiger partial charge in [-0.3, -0.25) is 19.2 Å². The summed E-state index contributed by atoms with van der Waals surface area (Å²) in [5.74, 6) is 0.986. The van der Waals surface area contributed by atoms with Gasteiger partial charge < -0.3 is 30.4 Å². The molecule has 2 aromatic heterocycles. The zero-order valence-corrected chi connectivity index (χ0v) is 40.5. The molecule has 6 aromatic carbocycles. The molecule has 8 aromatic rings. The molecule has 0 saturated carbocycles. The molecule has 70 heavy (non-hydrogen) atoms. The fourth-order valence-electron chi connectivity index (χ4n) is 9.52. The van der Waals surface area contributed by atoms with Crippen LogP contribution in [0.5, 0.6) is 17.2 Å². The number of aromatic hydroxyl groups is 3. The molecule has 0 aliphatic carbocycles. The van der Waals surface area contributed by atoms with Crippen molar-refractivity contribution in [3.05, 3.63) is 167 Å².